The number of aliphatic hydroxyl groups is 1. The highest BCUT2D eigenvalue weighted by molar-refractivity contribution is 5.95. The molecule has 1 fully saturated rings. The van der Waals surface area contributed by atoms with Crippen LogP contribution < -0.4 is 5.32 Å². The van der Waals surface area contributed by atoms with Crippen LogP contribution in [0, 0.1) is 5.92 Å². The number of hydrogen-bond donors (Lipinski definition) is 2. The van der Waals surface area contributed by atoms with Crippen molar-refractivity contribution in [3.8, 4) is 0 Å². The molecule has 0 spiro atoms. The number of amides is 1. The second-order valence-electron chi connectivity index (χ2n) is 11.0. The minimum Gasteiger partial charge on any atom is -0.461 e. The number of fused-ring (bicyclic) bond motifs is 1. The molecule has 1 saturated carbocycles. The molecule has 1 unspecified atom stereocenters. The Kier molecular flexibility index (Phi) is 9.52. The zero-order valence-corrected chi connectivity index (χ0v) is 23.8. The maximum absolute atomic E-state index is 13.9. The number of esters is 1. The van der Waals surface area contributed by atoms with Gasteiger partial charge in [-0.3, -0.25) is 4.79 Å². The van der Waals surface area contributed by atoms with E-state index < -0.39 is 6.04 Å². The van der Waals surface area contributed by atoms with Crippen molar-refractivity contribution in [3.05, 3.63) is 107 Å². The van der Waals surface area contributed by atoms with E-state index in [1.54, 1.807) is 0 Å². The van der Waals surface area contributed by atoms with E-state index in [4.69, 9.17) is 4.74 Å². The second-order valence-corrected chi connectivity index (χ2v) is 11.0. The smallest absolute Gasteiger partial charge is 0.354 e. The lowest BCUT2D eigenvalue weighted by Crippen LogP contribution is -2.37. The van der Waals surface area contributed by atoms with E-state index in [9.17, 15) is 14.7 Å². The van der Waals surface area contributed by atoms with Crippen LogP contribution in [-0.4, -0.2) is 34.8 Å². The lowest BCUT2D eigenvalue weighted by atomic mass is 9.80. The van der Waals surface area contributed by atoms with Crippen molar-refractivity contribution in [2.24, 2.45) is 5.92 Å². The Morgan fingerprint density at radius 3 is 2.27 bits per heavy atom. The van der Waals surface area contributed by atoms with E-state index in [2.05, 4.69) is 29.6 Å². The molecule has 1 heterocycles. The molecule has 3 aromatic carbocycles. The highest BCUT2D eigenvalue weighted by Crippen LogP contribution is 2.36. The molecule has 1 aromatic heterocycles. The van der Waals surface area contributed by atoms with Gasteiger partial charge in [0, 0.05) is 17.4 Å². The number of benzene rings is 3. The van der Waals surface area contributed by atoms with Crippen LogP contribution in [0.3, 0.4) is 0 Å². The summed E-state index contributed by atoms with van der Waals surface area (Å²) in [5.74, 6) is -0.402. The van der Waals surface area contributed by atoms with Gasteiger partial charge in [-0.2, -0.15) is 0 Å². The predicted molar refractivity (Wildman–Crippen MR) is 162 cm³/mol. The van der Waals surface area contributed by atoms with Gasteiger partial charge in [0.1, 0.15) is 5.69 Å². The monoisotopic (exact) mass is 552 g/mol. The van der Waals surface area contributed by atoms with Crippen LogP contribution in [0.4, 0.5) is 0 Å². The number of nitrogens with one attached hydrogen (secondary N) is 1. The van der Waals surface area contributed by atoms with Crippen LogP contribution in [0.25, 0.3) is 10.9 Å². The number of hydrogen-bond acceptors (Lipinski definition) is 4. The predicted octanol–water partition coefficient (Wildman–Crippen LogP) is 6.77. The SMILES string of the molecule is CCOC(=O)c1cc2ccccc2n1Cc1ccc(C(C(=O)N[C@@H](CO)c2ccccc2)C2CCCCCC2)cc1. The Labute approximate surface area is 242 Å². The molecule has 6 nitrogen and oxygen atoms in total. The molecule has 2 N–H and O–H groups in total. The lowest BCUT2D eigenvalue weighted by Gasteiger charge is -2.28. The zero-order valence-electron chi connectivity index (χ0n) is 23.8. The van der Waals surface area contributed by atoms with E-state index in [0.717, 1.165) is 53.3 Å². The first-order chi connectivity index (χ1) is 20.1. The van der Waals surface area contributed by atoms with Crippen molar-refractivity contribution in [2.75, 3.05) is 13.2 Å². The lowest BCUT2D eigenvalue weighted by molar-refractivity contribution is -0.125. The van der Waals surface area contributed by atoms with Crippen molar-refractivity contribution >= 4 is 22.8 Å². The van der Waals surface area contributed by atoms with E-state index in [1.807, 2.05) is 72.2 Å². The number of aliphatic hydroxyl groups excluding tert-OH is 1. The van der Waals surface area contributed by atoms with Gasteiger partial charge in [0.05, 0.1) is 25.2 Å². The molecule has 5 rings (SSSR count). The van der Waals surface area contributed by atoms with E-state index in [0.29, 0.717) is 18.8 Å². The van der Waals surface area contributed by atoms with E-state index >= 15 is 0 Å². The van der Waals surface area contributed by atoms with Gasteiger partial charge >= 0.3 is 5.97 Å². The summed E-state index contributed by atoms with van der Waals surface area (Å²) in [6, 6.07) is 27.3. The molecule has 41 heavy (non-hydrogen) atoms. The summed E-state index contributed by atoms with van der Waals surface area (Å²) in [4.78, 5) is 26.6. The Balaban J connectivity index is 1.42. The summed E-state index contributed by atoms with van der Waals surface area (Å²) in [5.41, 5.74) is 4.44. The van der Waals surface area contributed by atoms with Crippen molar-refractivity contribution in [2.45, 2.75) is 64.0 Å². The Hall–Kier alpha value is -3.90. The largest absolute Gasteiger partial charge is 0.461 e. The topological polar surface area (TPSA) is 80.6 Å². The Bertz CT molecular complexity index is 1440. The molecule has 0 aliphatic heterocycles. The molecule has 4 aromatic rings. The fourth-order valence-electron chi connectivity index (χ4n) is 6.23. The summed E-state index contributed by atoms with van der Waals surface area (Å²) in [7, 11) is 0. The quantitative estimate of drug-likeness (QED) is 0.168. The molecule has 0 radical (unpaired) electrons. The molecule has 0 bridgehead atoms. The number of aromatic nitrogens is 1. The van der Waals surface area contributed by atoms with Gasteiger partial charge in [0.2, 0.25) is 5.91 Å². The summed E-state index contributed by atoms with van der Waals surface area (Å²) in [6.07, 6.45) is 6.72. The standard InChI is InChI=1S/C35H40N2O4/c1-2-41-35(40)32-22-29-16-10-11-17-31(29)37(32)23-25-18-20-28(21-19-25)33(27-14-6-3-4-7-15-27)34(39)36-30(24-38)26-12-8-5-9-13-26/h5,8-13,16-22,27,30,33,38H,2-4,6-7,14-15,23-24H2,1H3,(H,36,39)/t30-,33?/m0/s1. The summed E-state index contributed by atoms with van der Waals surface area (Å²) in [5, 5.41) is 14.3. The minimum absolute atomic E-state index is 0.0337. The van der Waals surface area contributed by atoms with Crippen molar-refractivity contribution in [3.63, 3.8) is 0 Å². The van der Waals surface area contributed by atoms with Gasteiger partial charge in [-0.05, 0) is 54.5 Å². The first kappa shape index (κ1) is 28.6. The highest BCUT2D eigenvalue weighted by Gasteiger charge is 2.32. The average Bonchev–Trinajstić information content (AvgIpc) is 3.16. The molecule has 1 aliphatic rings. The Morgan fingerprint density at radius 1 is 0.902 bits per heavy atom. The molecular weight excluding hydrogens is 512 g/mol. The number of para-hydroxylation sites is 1. The summed E-state index contributed by atoms with van der Waals surface area (Å²) in [6.45, 7) is 2.50. The molecule has 1 aliphatic carbocycles. The normalized spacial score (nSPS) is 15.7. The molecule has 2 atom stereocenters. The maximum Gasteiger partial charge on any atom is 0.354 e. The van der Waals surface area contributed by atoms with Crippen LogP contribution in [0.2, 0.25) is 0 Å². The number of nitrogens with zero attached hydrogens (tertiary/aromatic N) is 1. The van der Waals surface area contributed by atoms with E-state index in [1.165, 1.54) is 12.8 Å². The number of carbonyl (C=O) groups excluding carboxylic acids is 2. The highest BCUT2D eigenvalue weighted by atomic mass is 16.5. The fraction of sp³-hybridized carbons (Fsp3) is 0.371. The second kappa shape index (κ2) is 13.6. The number of ether oxygens (including phenoxy) is 1. The third-order valence-electron chi connectivity index (χ3n) is 8.33. The van der Waals surface area contributed by atoms with Gasteiger partial charge in [-0.15, -0.1) is 0 Å². The molecule has 214 valence electrons. The number of carbonyl (C=O) groups is 2. The molecule has 1 amide bonds. The van der Waals surface area contributed by atoms with Crippen molar-refractivity contribution in [1.82, 2.24) is 9.88 Å². The minimum atomic E-state index is -0.445. The first-order valence-corrected chi connectivity index (χ1v) is 14.9. The van der Waals surface area contributed by atoms with Gasteiger partial charge < -0.3 is 19.7 Å². The zero-order chi connectivity index (χ0) is 28.6. The Morgan fingerprint density at radius 2 is 1.59 bits per heavy atom. The molecular formula is C35H40N2O4. The van der Waals surface area contributed by atoms with Crippen LogP contribution >= 0.6 is 0 Å². The third kappa shape index (κ3) is 6.71. The van der Waals surface area contributed by atoms with Gasteiger partial charge in [-0.25, -0.2) is 4.79 Å². The summed E-state index contributed by atoms with van der Waals surface area (Å²) < 4.78 is 7.34. The van der Waals surface area contributed by atoms with E-state index in [-0.39, 0.29) is 30.3 Å². The van der Waals surface area contributed by atoms with Crippen molar-refractivity contribution < 1.29 is 19.4 Å². The maximum atomic E-state index is 13.9. The number of rotatable bonds is 10. The van der Waals surface area contributed by atoms with Crippen LogP contribution in [0.5, 0.6) is 0 Å². The fourth-order valence-corrected chi connectivity index (χ4v) is 6.23. The van der Waals surface area contributed by atoms with Crippen LogP contribution in [0.1, 0.15) is 84.6 Å². The van der Waals surface area contributed by atoms with Gasteiger partial charge in [0.15, 0.2) is 0 Å². The first-order valence-electron chi connectivity index (χ1n) is 14.9. The van der Waals surface area contributed by atoms with Crippen LogP contribution in [0.15, 0.2) is 84.9 Å². The molecule has 0 saturated heterocycles. The van der Waals surface area contributed by atoms with Crippen LogP contribution in [-0.2, 0) is 16.1 Å². The molecule has 6 heteroatoms. The van der Waals surface area contributed by atoms with Crippen molar-refractivity contribution in [1.29, 1.82) is 0 Å². The summed E-state index contributed by atoms with van der Waals surface area (Å²) >= 11 is 0. The van der Waals surface area contributed by atoms with Gasteiger partial charge in [-0.1, -0.05) is 98.5 Å². The van der Waals surface area contributed by atoms with Gasteiger partial charge in [0.25, 0.3) is 0 Å². The third-order valence-corrected chi connectivity index (χ3v) is 8.33. The average molecular weight is 553 g/mol.